The van der Waals surface area contributed by atoms with Gasteiger partial charge in [-0.25, -0.2) is 0 Å². The highest BCUT2D eigenvalue weighted by atomic mass is 16.3. The zero-order valence-corrected chi connectivity index (χ0v) is 5.36. The van der Waals surface area contributed by atoms with Crippen LogP contribution in [0.5, 0.6) is 0 Å². The highest BCUT2D eigenvalue weighted by Gasteiger charge is 2.09. The van der Waals surface area contributed by atoms with Gasteiger partial charge in [-0.1, -0.05) is 5.21 Å². The lowest BCUT2D eigenvalue weighted by molar-refractivity contribution is 0.160. The van der Waals surface area contributed by atoms with E-state index in [0.29, 0.717) is 18.8 Å². The Morgan fingerprint density at radius 2 is 2.50 bits per heavy atom. The van der Waals surface area contributed by atoms with E-state index >= 15 is 0 Å². The molecule has 0 radical (unpaired) electrons. The number of hydrogen-bond acceptors (Lipinski definition) is 5. The first-order valence-electron chi connectivity index (χ1n) is 2.96. The van der Waals surface area contributed by atoms with Gasteiger partial charge in [0.15, 0.2) is 0 Å². The van der Waals surface area contributed by atoms with E-state index in [9.17, 15) is 0 Å². The molecule has 0 saturated carbocycles. The van der Waals surface area contributed by atoms with Crippen LogP contribution in [0.15, 0.2) is 0 Å². The minimum Gasteiger partial charge on any atom is -0.385 e. The standard InChI is InChI=1S/C4H9N5O/c5-2-1-3(10)4-6-8-9-7-4/h3,10H,1-2,5H2,(H,6,7,8,9). The molecule has 0 aliphatic carbocycles. The Morgan fingerprint density at radius 1 is 1.70 bits per heavy atom. The van der Waals surface area contributed by atoms with Gasteiger partial charge in [-0.2, -0.15) is 5.21 Å². The van der Waals surface area contributed by atoms with E-state index in [1.165, 1.54) is 0 Å². The van der Waals surface area contributed by atoms with Crippen molar-refractivity contribution in [3.05, 3.63) is 5.82 Å². The fourth-order valence-electron chi connectivity index (χ4n) is 0.598. The molecule has 0 bridgehead atoms. The van der Waals surface area contributed by atoms with E-state index in [4.69, 9.17) is 10.8 Å². The molecule has 1 aromatic heterocycles. The van der Waals surface area contributed by atoms with Crippen LogP contribution in [0.4, 0.5) is 0 Å². The van der Waals surface area contributed by atoms with Crippen molar-refractivity contribution in [2.24, 2.45) is 5.73 Å². The third-order valence-electron chi connectivity index (χ3n) is 1.10. The summed E-state index contributed by atoms with van der Waals surface area (Å²) < 4.78 is 0. The van der Waals surface area contributed by atoms with Gasteiger partial charge in [0.05, 0.1) is 0 Å². The maximum absolute atomic E-state index is 9.14. The van der Waals surface area contributed by atoms with Gasteiger partial charge in [-0.3, -0.25) is 0 Å². The van der Waals surface area contributed by atoms with Crippen molar-refractivity contribution in [3.8, 4) is 0 Å². The van der Waals surface area contributed by atoms with Gasteiger partial charge in [-0.05, 0) is 13.0 Å². The minimum absolute atomic E-state index is 0.297. The van der Waals surface area contributed by atoms with Crippen LogP contribution in [0.2, 0.25) is 0 Å². The predicted molar refractivity (Wildman–Crippen MR) is 32.8 cm³/mol. The molecule has 56 valence electrons. The minimum atomic E-state index is -0.691. The third kappa shape index (κ3) is 1.49. The molecule has 6 nitrogen and oxygen atoms in total. The summed E-state index contributed by atoms with van der Waals surface area (Å²) in [5.41, 5.74) is 5.19. The molecule has 0 aromatic carbocycles. The normalized spacial score (nSPS) is 13.4. The molecule has 1 rings (SSSR count). The number of aliphatic hydroxyl groups is 1. The van der Waals surface area contributed by atoms with Gasteiger partial charge < -0.3 is 10.8 Å². The van der Waals surface area contributed by atoms with Gasteiger partial charge in [0.25, 0.3) is 0 Å². The van der Waals surface area contributed by atoms with Gasteiger partial charge >= 0.3 is 0 Å². The van der Waals surface area contributed by atoms with E-state index in [1.807, 2.05) is 0 Å². The summed E-state index contributed by atoms with van der Waals surface area (Å²) in [4.78, 5) is 0. The predicted octanol–water partition coefficient (Wildman–Crippen LogP) is -1.42. The zero-order chi connectivity index (χ0) is 7.40. The summed E-state index contributed by atoms with van der Waals surface area (Å²) in [7, 11) is 0. The molecule has 1 heterocycles. The largest absolute Gasteiger partial charge is 0.385 e. The summed E-state index contributed by atoms with van der Waals surface area (Å²) in [6, 6.07) is 0. The molecule has 0 aliphatic rings. The maximum Gasteiger partial charge on any atom is 0.202 e. The molecule has 0 spiro atoms. The Morgan fingerprint density at radius 3 is 3.00 bits per heavy atom. The monoisotopic (exact) mass is 143 g/mol. The lowest BCUT2D eigenvalue weighted by Crippen LogP contribution is -2.07. The van der Waals surface area contributed by atoms with Crippen molar-refractivity contribution in [2.45, 2.75) is 12.5 Å². The van der Waals surface area contributed by atoms with Crippen LogP contribution in [0.3, 0.4) is 0 Å². The molecule has 1 aromatic rings. The first-order chi connectivity index (χ1) is 4.84. The van der Waals surface area contributed by atoms with Crippen molar-refractivity contribution in [2.75, 3.05) is 6.54 Å². The summed E-state index contributed by atoms with van der Waals surface area (Å²) in [5, 5.41) is 21.8. The number of aromatic amines is 1. The smallest absolute Gasteiger partial charge is 0.202 e. The number of H-pyrrole nitrogens is 1. The maximum atomic E-state index is 9.14. The molecule has 0 fully saturated rings. The van der Waals surface area contributed by atoms with Crippen LogP contribution >= 0.6 is 0 Å². The van der Waals surface area contributed by atoms with E-state index in [2.05, 4.69) is 20.6 Å². The second kappa shape index (κ2) is 3.23. The Kier molecular flexibility index (Phi) is 2.30. The molecular weight excluding hydrogens is 134 g/mol. The number of hydrogen-bond donors (Lipinski definition) is 3. The first kappa shape index (κ1) is 7.10. The summed E-state index contributed by atoms with van der Waals surface area (Å²) >= 11 is 0. The van der Waals surface area contributed by atoms with Crippen LogP contribution in [-0.4, -0.2) is 32.3 Å². The Labute approximate surface area is 57.4 Å². The fraction of sp³-hybridized carbons (Fsp3) is 0.750. The molecule has 0 saturated heterocycles. The number of nitrogens with one attached hydrogen (secondary N) is 1. The fourth-order valence-corrected chi connectivity index (χ4v) is 0.598. The number of nitrogens with zero attached hydrogens (tertiary/aromatic N) is 3. The lowest BCUT2D eigenvalue weighted by Gasteiger charge is -2.00. The second-order valence-electron chi connectivity index (χ2n) is 1.86. The van der Waals surface area contributed by atoms with Crippen molar-refractivity contribution in [1.29, 1.82) is 0 Å². The molecule has 1 unspecified atom stereocenters. The van der Waals surface area contributed by atoms with Crippen LogP contribution in [0.1, 0.15) is 18.3 Å². The van der Waals surface area contributed by atoms with E-state index in [0.717, 1.165) is 0 Å². The van der Waals surface area contributed by atoms with Crippen molar-refractivity contribution < 1.29 is 5.11 Å². The highest BCUT2D eigenvalue weighted by Crippen LogP contribution is 2.07. The zero-order valence-electron chi connectivity index (χ0n) is 5.36. The lowest BCUT2D eigenvalue weighted by atomic mass is 10.2. The molecule has 4 N–H and O–H groups in total. The van der Waals surface area contributed by atoms with Gasteiger partial charge in [-0.15, -0.1) is 10.2 Å². The first-order valence-corrected chi connectivity index (χ1v) is 2.96. The van der Waals surface area contributed by atoms with E-state index in [1.54, 1.807) is 0 Å². The van der Waals surface area contributed by atoms with Crippen LogP contribution in [0, 0.1) is 0 Å². The quantitative estimate of drug-likeness (QED) is 0.482. The molecular formula is C4H9N5O. The van der Waals surface area contributed by atoms with Gasteiger partial charge in [0, 0.05) is 0 Å². The molecule has 0 amide bonds. The van der Waals surface area contributed by atoms with Crippen molar-refractivity contribution in [3.63, 3.8) is 0 Å². The highest BCUT2D eigenvalue weighted by molar-refractivity contribution is 4.82. The average molecular weight is 143 g/mol. The molecule has 6 heteroatoms. The summed E-state index contributed by atoms with van der Waals surface area (Å²) in [6.07, 6.45) is -0.233. The molecule has 10 heavy (non-hydrogen) atoms. The number of tetrazole rings is 1. The average Bonchev–Trinajstić information content (AvgIpc) is 2.38. The van der Waals surface area contributed by atoms with Crippen LogP contribution in [-0.2, 0) is 0 Å². The number of aromatic nitrogens is 4. The summed E-state index contributed by atoms with van der Waals surface area (Å²) in [6.45, 7) is 0.412. The van der Waals surface area contributed by atoms with Crippen LogP contribution < -0.4 is 5.73 Å². The second-order valence-corrected chi connectivity index (χ2v) is 1.86. The third-order valence-corrected chi connectivity index (χ3v) is 1.10. The van der Waals surface area contributed by atoms with Gasteiger partial charge in [0.2, 0.25) is 5.82 Å². The van der Waals surface area contributed by atoms with Crippen LogP contribution in [0.25, 0.3) is 0 Å². The summed E-state index contributed by atoms with van der Waals surface area (Å²) in [5.74, 6) is 0.297. The number of rotatable bonds is 3. The van der Waals surface area contributed by atoms with Crippen molar-refractivity contribution >= 4 is 0 Å². The Hall–Kier alpha value is -1.01. The topological polar surface area (TPSA) is 101 Å². The molecule has 1 atom stereocenters. The number of aliphatic hydroxyl groups excluding tert-OH is 1. The van der Waals surface area contributed by atoms with Crippen molar-refractivity contribution in [1.82, 2.24) is 20.6 Å². The molecule has 0 aliphatic heterocycles. The van der Waals surface area contributed by atoms with Gasteiger partial charge in [0.1, 0.15) is 6.10 Å². The number of nitrogens with two attached hydrogens (primary N) is 1. The van der Waals surface area contributed by atoms with E-state index in [-0.39, 0.29) is 0 Å². The SMILES string of the molecule is NCCC(O)c1nn[nH]n1. The van der Waals surface area contributed by atoms with E-state index < -0.39 is 6.10 Å². The Balaban J connectivity index is 2.50. The Bertz CT molecular complexity index is 174.